The first-order chi connectivity index (χ1) is 15.4. The molecule has 168 valence electrons. The number of aliphatic imine (C=N–C) groups is 1. The molecule has 2 heterocycles. The van der Waals surface area contributed by atoms with Crippen molar-refractivity contribution in [2.75, 3.05) is 18.8 Å². The molecule has 0 saturated heterocycles. The van der Waals surface area contributed by atoms with E-state index in [4.69, 9.17) is 9.47 Å². The third-order valence-electron chi connectivity index (χ3n) is 4.78. The number of benzene rings is 2. The summed E-state index contributed by atoms with van der Waals surface area (Å²) in [7, 11) is -3.72. The predicted octanol–water partition coefficient (Wildman–Crippen LogP) is 1.04. The van der Waals surface area contributed by atoms with Crippen LogP contribution in [0.15, 0.2) is 52.4 Å². The Morgan fingerprint density at radius 3 is 2.75 bits per heavy atom. The van der Waals surface area contributed by atoms with Gasteiger partial charge in [-0.1, -0.05) is 12.1 Å². The molecule has 0 spiro atoms. The van der Waals surface area contributed by atoms with Crippen LogP contribution in [0.5, 0.6) is 11.5 Å². The van der Waals surface area contributed by atoms with E-state index in [1.54, 1.807) is 30.3 Å². The molecule has 10 nitrogen and oxygen atoms in total. The van der Waals surface area contributed by atoms with Crippen molar-refractivity contribution >= 4 is 39.4 Å². The summed E-state index contributed by atoms with van der Waals surface area (Å²) < 4.78 is 37.5. The van der Waals surface area contributed by atoms with E-state index in [0.29, 0.717) is 29.2 Å². The summed E-state index contributed by atoms with van der Waals surface area (Å²) in [5.74, 6) is 0.588. The van der Waals surface area contributed by atoms with Crippen LogP contribution in [0, 0.1) is 0 Å². The fourth-order valence-electron chi connectivity index (χ4n) is 3.18. The van der Waals surface area contributed by atoms with E-state index in [0.717, 1.165) is 0 Å². The van der Waals surface area contributed by atoms with Gasteiger partial charge in [0.05, 0.1) is 4.90 Å². The second-order valence-corrected chi connectivity index (χ2v) is 9.52. The molecule has 32 heavy (non-hydrogen) atoms. The third-order valence-corrected chi connectivity index (χ3v) is 6.82. The van der Waals surface area contributed by atoms with E-state index >= 15 is 0 Å². The topological polar surface area (TPSA) is 135 Å². The van der Waals surface area contributed by atoms with Gasteiger partial charge in [0.15, 0.2) is 11.5 Å². The lowest BCUT2D eigenvalue weighted by Gasteiger charge is -2.14. The zero-order valence-corrected chi connectivity index (χ0v) is 18.6. The first kappa shape index (κ1) is 22.0. The Morgan fingerprint density at radius 1 is 1.16 bits per heavy atom. The van der Waals surface area contributed by atoms with Gasteiger partial charge in [0, 0.05) is 11.1 Å². The number of nitrogens with one attached hydrogen (secondary N) is 3. The minimum atomic E-state index is -3.72. The van der Waals surface area contributed by atoms with Gasteiger partial charge in [0.2, 0.25) is 6.79 Å². The average Bonchev–Trinajstić information content (AvgIpc) is 3.36. The van der Waals surface area contributed by atoms with Gasteiger partial charge in [-0.2, -0.15) is 11.8 Å². The molecule has 3 N–H and O–H groups in total. The van der Waals surface area contributed by atoms with Crippen molar-refractivity contribution in [3.05, 3.63) is 53.6 Å². The number of fused-ring (bicyclic) bond motifs is 2. The normalized spacial score (nSPS) is 17.3. The first-order valence-electron chi connectivity index (χ1n) is 9.58. The van der Waals surface area contributed by atoms with Gasteiger partial charge in [0.25, 0.3) is 21.8 Å². The molecule has 2 aromatic carbocycles. The van der Waals surface area contributed by atoms with Crippen LogP contribution in [0.4, 0.5) is 0 Å². The van der Waals surface area contributed by atoms with Gasteiger partial charge in [-0.3, -0.25) is 30.2 Å². The Bertz CT molecular complexity index is 1200. The Balaban J connectivity index is 1.48. The van der Waals surface area contributed by atoms with Crippen molar-refractivity contribution in [3.8, 4) is 11.5 Å². The fourth-order valence-corrected chi connectivity index (χ4v) is 4.88. The second-order valence-electron chi connectivity index (χ2n) is 6.89. The Hall–Kier alpha value is -3.25. The van der Waals surface area contributed by atoms with Crippen LogP contribution in [0.25, 0.3) is 0 Å². The maximum atomic E-state index is 12.8. The highest BCUT2D eigenvalue weighted by atomic mass is 32.2. The largest absolute Gasteiger partial charge is 0.454 e. The van der Waals surface area contributed by atoms with Crippen LogP contribution in [0.2, 0.25) is 0 Å². The van der Waals surface area contributed by atoms with E-state index in [1.165, 1.54) is 23.9 Å². The SMILES string of the molecule is CSCC[C@H](N=C1NS(=O)(=O)c2ccccc21)C(=O)NNC(=O)c1ccc2c(c1)OCO2. The quantitative estimate of drug-likeness (QED) is 0.530. The van der Waals surface area contributed by atoms with E-state index in [-0.39, 0.29) is 23.1 Å². The Kier molecular flexibility index (Phi) is 6.24. The van der Waals surface area contributed by atoms with Gasteiger partial charge in [-0.25, -0.2) is 8.42 Å². The van der Waals surface area contributed by atoms with Crippen LogP contribution in [-0.4, -0.2) is 50.9 Å². The number of thioether (sulfide) groups is 1. The number of hydrogen-bond acceptors (Lipinski definition) is 8. The Morgan fingerprint density at radius 2 is 1.94 bits per heavy atom. The lowest BCUT2D eigenvalue weighted by atomic mass is 10.2. The summed E-state index contributed by atoms with van der Waals surface area (Å²) in [5.41, 5.74) is 5.41. The van der Waals surface area contributed by atoms with Crippen molar-refractivity contribution in [1.82, 2.24) is 15.6 Å². The van der Waals surface area contributed by atoms with Gasteiger partial charge in [0.1, 0.15) is 11.9 Å². The van der Waals surface area contributed by atoms with Crippen molar-refractivity contribution in [2.45, 2.75) is 17.4 Å². The number of amides is 2. The third kappa shape index (κ3) is 4.50. The standard InChI is InChI=1S/C20H20N4O6S2/c1-31-9-8-14(21-18-13-4-2-3-5-17(13)32(27,28)24-18)20(26)23-22-19(25)12-6-7-15-16(10-12)30-11-29-15/h2-7,10,14H,8-9,11H2,1H3,(H,21,24)(H,22,25)(H,23,26)/t14-/m0/s1. The minimum absolute atomic E-state index is 0.0848. The van der Waals surface area contributed by atoms with Crippen LogP contribution in [0.3, 0.4) is 0 Å². The molecular formula is C20H20N4O6S2. The maximum absolute atomic E-state index is 12.8. The average molecular weight is 477 g/mol. The fraction of sp³-hybridized carbons (Fsp3) is 0.250. The van der Waals surface area contributed by atoms with Crippen LogP contribution in [-0.2, 0) is 14.8 Å². The monoisotopic (exact) mass is 476 g/mol. The molecule has 2 aromatic rings. The van der Waals surface area contributed by atoms with Crippen LogP contribution >= 0.6 is 11.8 Å². The molecular weight excluding hydrogens is 456 g/mol. The molecule has 4 rings (SSSR count). The molecule has 0 aromatic heterocycles. The van der Waals surface area contributed by atoms with Crippen molar-refractivity contribution in [2.24, 2.45) is 4.99 Å². The highest BCUT2D eigenvalue weighted by Crippen LogP contribution is 2.32. The number of hydrogen-bond donors (Lipinski definition) is 3. The number of carbonyl (C=O) groups is 2. The molecule has 2 amide bonds. The number of hydrazine groups is 1. The molecule has 2 aliphatic rings. The van der Waals surface area contributed by atoms with Crippen molar-refractivity contribution in [1.29, 1.82) is 0 Å². The molecule has 0 radical (unpaired) electrons. The molecule has 12 heteroatoms. The molecule has 0 unspecified atom stereocenters. The zero-order valence-electron chi connectivity index (χ0n) is 17.0. The van der Waals surface area contributed by atoms with E-state index in [1.807, 2.05) is 6.26 Å². The lowest BCUT2D eigenvalue weighted by molar-refractivity contribution is -0.123. The van der Waals surface area contributed by atoms with Crippen molar-refractivity contribution < 1.29 is 27.5 Å². The van der Waals surface area contributed by atoms with Gasteiger partial charge in [-0.15, -0.1) is 0 Å². The highest BCUT2D eigenvalue weighted by Gasteiger charge is 2.32. The molecule has 1 atom stereocenters. The van der Waals surface area contributed by atoms with Gasteiger partial charge >= 0.3 is 0 Å². The lowest BCUT2D eigenvalue weighted by Crippen LogP contribution is -2.46. The second kappa shape index (κ2) is 9.09. The maximum Gasteiger partial charge on any atom is 0.269 e. The molecule has 2 aliphatic heterocycles. The zero-order chi connectivity index (χ0) is 22.7. The number of carbonyl (C=O) groups excluding carboxylic acids is 2. The van der Waals surface area contributed by atoms with E-state index in [9.17, 15) is 18.0 Å². The number of sulfonamides is 1. The molecule has 0 fully saturated rings. The number of rotatable bonds is 6. The van der Waals surface area contributed by atoms with Crippen molar-refractivity contribution in [3.63, 3.8) is 0 Å². The number of ether oxygens (including phenoxy) is 2. The smallest absolute Gasteiger partial charge is 0.269 e. The van der Waals surface area contributed by atoms with Gasteiger partial charge in [-0.05, 0) is 48.8 Å². The molecule has 0 bridgehead atoms. The predicted molar refractivity (Wildman–Crippen MR) is 118 cm³/mol. The molecule has 0 saturated carbocycles. The first-order valence-corrected chi connectivity index (χ1v) is 12.5. The minimum Gasteiger partial charge on any atom is -0.454 e. The van der Waals surface area contributed by atoms with E-state index in [2.05, 4.69) is 20.6 Å². The number of amidine groups is 1. The summed E-state index contributed by atoms with van der Waals surface area (Å²) in [6.07, 6.45) is 2.23. The summed E-state index contributed by atoms with van der Waals surface area (Å²) in [5, 5.41) is 0. The summed E-state index contributed by atoms with van der Waals surface area (Å²) >= 11 is 1.52. The summed E-state index contributed by atoms with van der Waals surface area (Å²) in [6.45, 7) is 0.0848. The highest BCUT2D eigenvalue weighted by molar-refractivity contribution is 7.98. The Labute approximate surface area is 188 Å². The van der Waals surface area contributed by atoms with Crippen LogP contribution < -0.4 is 25.0 Å². The molecule has 0 aliphatic carbocycles. The van der Waals surface area contributed by atoms with E-state index < -0.39 is 27.9 Å². The van der Waals surface area contributed by atoms with Crippen LogP contribution in [0.1, 0.15) is 22.3 Å². The summed E-state index contributed by atoms with van der Waals surface area (Å²) in [4.78, 5) is 29.7. The number of nitrogens with zero attached hydrogens (tertiary/aromatic N) is 1. The summed E-state index contributed by atoms with van der Waals surface area (Å²) in [6, 6.07) is 10.2. The van der Waals surface area contributed by atoms with Gasteiger partial charge < -0.3 is 9.47 Å².